The van der Waals surface area contributed by atoms with Gasteiger partial charge in [-0.05, 0) is 96.1 Å². The number of amidine groups is 1. The van der Waals surface area contributed by atoms with Gasteiger partial charge in [-0.15, -0.1) is 0 Å². The molecule has 0 radical (unpaired) electrons. The standard InChI is InChI=1S/C53H43N3/c1-5-20-39(6-2)37(3)54-53(55-38(4)40-21-10-7-11-22-40)45-29-18-27-43(33-45)44-28-19-30-47(34-44)56-51-32-17-16-31-48(51)50-36-46(41-23-12-8-13-24-41)35-49(52(50)56)42-25-14-9-15-26-42/h5-36H,4H2,1-3H3/b20-5-,39-6+,54-37?,55-53?. The molecular formula is C53H43N3. The molecule has 0 N–H and O–H groups in total. The highest BCUT2D eigenvalue weighted by molar-refractivity contribution is 6.16. The molecule has 7 aromatic carbocycles. The van der Waals surface area contributed by atoms with Crippen LogP contribution in [0.4, 0.5) is 0 Å². The van der Waals surface area contributed by atoms with Gasteiger partial charge in [0.1, 0.15) is 0 Å². The minimum Gasteiger partial charge on any atom is -0.309 e. The molecule has 0 unspecified atom stereocenters. The average molecular weight is 722 g/mol. The third kappa shape index (κ3) is 7.23. The number of hydrogen-bond donors (Lipinski definition) is 0. The molecule has 3 heteroatoms. The first-order valence-electron chi connectivity index (χ1n) is 19.1. The summed E-state index contributed by atoms with van der Waals surface area (Å²) in [6.45, 7) is 10.4. The Morgan fingerprint density at radius 1 is 0.536 bits per heavy atom. The molecule has 0 aliphatic heterocycles. The van der Waals surface area contributed by atoms with Crippen molar-refractivity contribution >= 4 is 39.1 Å². The summed E-state index contributed by atoms with van der Waals surface area (Å²) in [6.07, 6.45) is 6.18. The van der Waals surface area contributed by atoms with Crippen LogP contribution < -0.4 is 0 Å². The molecule has 1 heterocycles. The predicted octanol–water partition coefficient (Wildman–Crippen LogP) is 14.2. The topological polar surface area (TPSA) is 29.6 Å². The molecule has 0 aliphatic carbocycles. The van der Waals surface area contributed by atoms with Gasteiger partial charge in [0.2, 0.25) is 0 Å². The van der Waals surface area contributed by atoms with Crippen molar-refractivity contribution in [2.45, 2.75) is 20.8 Å². The Balaban J connectivity index is 1.29. The lowest BCUT2D eigenvalue weighted by Gasteiger charge is -2.15. The highest BCUT2D eigenvalue weighted by atomic mass is 15.0. The van der Waals surface area contributed by atoms with Gasteiger partial charge in [0.25, 0.3) is 0 Å². The minimum absolute atomic E-state index is 0.613. The molecule has 56 heavy (non-hydrogen) atoms. The summed E-state index contributed by atoms with van der Waals surface area (Å²) in [7, 11) is 0. The Morgan fingerprint density at radius 2 is 1.14 bits per heavy atom. The lowest BCUT2D eigenvalue weighted by Crippen LogP contribution is -2.05. The number of aliphatic imine (C=N–C) groups is 2. The molecular weight excluding hydrogens is 679 g/mol. The molecule has 1 aromatic heterocycles. The zero-order chi connectivity index (χ0) is 38.4. The minimum atomic E-state index is 0.613. The van der Waals surface area contributed by atoms with E-state index in [2.05, 4.69) is 169 Å². The van der Waals surface area contributed by atoms with E-state index < -0.39 is 0 Å². The van der Waals surface area contributed by atoms with Crippen molar-refractivity contribution in [2.24, 2.45) is 9.98 Å². The van der Waals surface area contributed by atoms with E-state index in [1.807, 2.05) is 57.2 Å². The van der Waals surface area contributed by atoms with Crippen molar-refractivity contribution < 1.29 is 0 Å². The van der Waals surface area contributed by atoms with Crippen LogP contribution in [-0.4, -0.2) is 16.1 Å². The van der Waals surface area contributed by atoms with E-state index >= 15 is 0 Å². The molecule has 3 nitrogen and oxygen atoms in total. The first kappa shape index (κ1) is 35.9. The van der Waals surface area contributed by atoms with Crippen LogP contribution in [0.5, 0.6) is 0 Å². The van der Waals surface area contributed by atoms with Gasteiger partial charge in [-0.3, -0.25) is 0 Å². The van der Waals surface area contributed by atoms with Crippen LogP contribution in [0.15, 0.2) is 216 Å². The number of hydrogen-bond acceptors (Lipinski definition) is 1. The summed E-state index contributed by atoms with van der Waals surface area (Å²) >= 11 is 0. The van der Waals surface area contributed by atoms with Crippen molar-refractivity contribution in [3.63, 3.8) is 0 Å². The Labute approximate surface area is 329 Å². The zero-order valence-corrected chi connectivity index (χ0v) is 32.0. The van der Waals surface area contributed by atoms with Gasteiger partial charge in [-0.1, -0.05) is 164 Å². The van der Waals surface area contributed by atoms with Crippen LogP contribution in [0.25, 0.3) is 66.6 Å². The van der Waals surface area contributed by atoms with E-state index in [9.17, 15) is 0 Å². The maximum Gasteiger partial charge on any atom is 0.160 e. The molecule has 0 fully saturated rings. The van der Waals surface area contributed by atoms with Crippen molar-refractivity contribution in [1.82, 2.24) is 4.57 Å². The number of benzene rings is 7. The van der Waals surface area contributed by atoms with Crippen molar-refractivity contribution in [2.75, 3.05) is 0 Å². The number of aromatic nitrogens is 1. The Hall–Kier alpha value is -7.10. The maximum atomic E-state index is 5.11. The first-order chi connectivity index (χ1) is 27.5. The fourth-order valence-corrected chi connectivity index (χ4v) is 7.47. The monoisotopic (exact) mass is 721 g/mol. The van der Waals surface area contributed by atoms with E-state index in [1.54, 1.807) is 0 Å². The molecule has 0 amide bonds. The van der Waals surface area contributed by atoms with Gasteiger partial charge in [0, 0.05) is 33.3 Å². The molecule has 0 bridgehead atoms. The fourth-order valence-electron chi connectivity index (χ4n) is 7.47. The number of para-hydroxylation sites is 1. The lowest BCUT2D eigenvalue weighted by atomic mass is 9.95. The summed E-state index contributed by atoms with van der Waals surface area (Å²) < 4.78 is 2.43. The van der Waals surface area contributed by atoms with Gasteiger partial charge in [0.15, 0.2) is 5.84 Å². The van der Waals surface area contributed by atoms with Crippen molar-refractivity contribution in [3.05, 3.63) is 217 Å². The van der Waals surface area contributed by atoms with Gasteiger partial charge in [0.05, 0.1) is 16.7 Å². The summed E-state index contributed by atoms with van der Waals surface area (Å²) in [4.78, 5) is 10.2. The number of nitrogens with zero attached hydrogens (tertiary/aromatic N) is 3. The lowest BCUT2D eigenvalue weighted by molar-refractivity contribution is 1.18. The van der Waals surface area contributed by atoms with Crippen molar-refractivity contribution in [1.29, 1.82) is 0 Å². The molecule has 270 valence electrons. The van der Waals surface area contributed by atoms with E-state index in [4.69, 9.17) is 9.98 Å². The van der Waals surface area contributed by atoms with Crippen LogP contribution in [0.2, 0.25) is 0 Å². The summed E-state index contributed by atoms with van der Waals surface area (Å²) in [5.74, 6) is 0.613. The number of rotatable bonds is 9. The van der Waals surface area contributed by atoms with Gasteiger partial charge >= 0.3 is 0 Å². The molecule has 8 aromatic rings. The zero-order valence-electron chi connectivity index (χ0n) is 32.0. The second-order valence-electron chi connectivity index (χ2n) is 13.8. The maximum absolute atomic E-state index is 5.11. The van der Waals surface area contributed by atoms with Crippen LogP contribution in [0.3, 0.4) is 0 Å². The molecule has 0 saturated heterocycles. The summed E-state index contributed by atoms with van der Waals surface area (Å²) in [6, 6.07) is 62.3. The molecule has 0 atom stereocenters. The SMILES string of the molecule is C=C(N=C(N=C(C)C(/C=C\C)=C/C)c1cccc(-c2cccc(-n3c4ccccc4c4cc(-c5ccccc5)cc(-c5ccccc5)c43)c2)c1)c1ccccc1. The van der Waals surface area contributed by atoms with Crippen LogP contribution in [0, 0.1) is 0 Å². The number of allylic oxidation sites excluding steroid dienone is 4. The third-order valence-corrected chi connectivity index (χ3v) is 10.2. The van der Waals surface area contributed by atoms with Gasteiger partial charge < -0.3 is 4.57 Å². The van der Waals surface area contributed by atoms with E-state index in [1.165, 1.54) is 38.5 Å². The molecule has 0 saturated carbocycles. The predicted molar refractivity (Wildman–Crippen MR) is 241 cm³/mol. The second-order valence-corrected chi connectivity index (χ2v) is 13.8. The van der Waals surface area contributed by atoms with Gasteiger partial charge in [-0.2, -0.15) is 0 Å². The molecule has 0 aliphatic rings. The van der Waals surface area contributed by atoms with Crippen LogP contribution in [-0.2, 0) is 0 Å². The molecule has 8 rings (SSSR count). The molecule has 0 spiro atoms. The normalized spacial score (nSPS) is 12.5. The van der Waals surface area contributed by atoms with E-state index in [0.717, 1.165) is 44.7 Å². The van der Waals surface area contributed by atoms with E-state index in [-0.39, 0.29) is 0 Å². The summed E-state index contributed by atoms with van der Waals surface area (Å²) in [5, 5.41) is 2.44. The van der Waals surface area contributed by atoms with Gasteiger partial charge in [-0.25, -0.2) is 9.98 Å². The second kappa shape index (κ2) is 16.1. The van der Waals surface area contributed by atoms with Crippen molar-refractivity contribution in [3.8, 4) is 39.1 Å². The Bertz CT molecular complexity index is 2820. The first-order valence-corrected chi connectivity index (χ1v) is 19.1. The largest absolute Gasteiger partial charge is 0.309 e. The Kier molecular flexibility index (Phi) is 10.3. The Morgan fingerprint density at radius 3 is 1.86 bits per heavy atom. The van der Waals surface area contributed by atoms with E-state index in [0.29, 0.717) is 11.5 Å². The quantitative estimate of drug-likeness (QED) is 0.0807. The fraction of sp³-hybridized carbons (Fsp3) is 0.0566. The number of fused-ring (bicyclic) bond motifs is 3. The van der Waals surface area contributed by atoms with Crippen LogP contribution in [0.1, 0.15) is 31.9 Å². The summed E-state index contributed by atoms with van der Waals surface area (Å²) in [5.41, 5.74) is 14.8. The highest BCUT2D eigenvalue weighted by Crippen LogP contribution is 2.41. The third-order valence-electron chi connectivity index (χ3n) is 10.2. The average Bonchev–Trinajstić information content (AvgIpc) is 3.60. The highest BCUT2D eigenvalue weighted by Gasteiger charge is 2.19. The van der Waals surface area contributed by atoms with Crippen LogP contribution >= 0.6 is 0 Å². The smallest absolute Gasteiger partial charge is 0.160 e.